The summed E-state index contributed by atoms with van der Waals surface area (Å²) in [6.07, 6.45) is 0. The number of ether oxygens (including phenoxy) is 1. The Morgan fingerprint density at radius 3 is 2.53 bits per heavy atom. The van der Waals surface area contributed by atoms with E-state index in [-0.39, 0.29) is 5.97 Å². The van der Waals surface area contributed by atoms with Crippen LogP contribution in [0.5, 0.6) is 0 Å². The fourth-order valence-electron chi connectivity index (χ4n) is 1.92. The van der Waals surface area contributed by atoms with Crippen LogP contribution in [0.2, 0.25) is 0 Å². The predicted molar refractivity (Wildman–Crippen MR) is 80.5 cm³/mol. The Morgan fingerprint density at radius 1 is 1.16 bits per heavy atom. The van der Waals surface area contributed by atoms with E-state index in [1.807, 2.05) is 55.5 Å². The van der Waals surface area contributed by atoms with Gasteiger partial charge in [-0.1, -0.05) is 58.4 Å². The molecule has 0 aromatic heterocycles. The van der Waals surface area contributed by atoms with Crippen molar-refractivity contribution in [1.82, 2.24) is 0 Å². The number of carbonyl (C=O) groups is 1. The zero-order valence-electron chi connectivity index (χ0n) is 10.7. The van der Waals surface area contributed by atoms with Gasteiger partial charge >= 0.3 is 5.97 Å². The lowest BCUT2D eigenvalue weighted by Crippen LogP contribution is -2.07. The molecule has 0 atom stereocenters. The van der Waals surface area contributed by atoms with Gasteiger partial charge in [-0.15, -0.1) is 0 Å². The lowest BCUT2D eigenvalue weighted by Gasteiger charge is -2.10. The Kier molecular flexibility index (Phi) is 4.74. The molecule has 0 saturated heterocycles. The second-order valence-electron chi connectivity index (χ2n) is 4.10. The van der Waals surface area contributed by atoms with Crippen molar-refractivity contribution in [1.29, 1.82) is 0 Å². The van der Waals surface area contributed by atoms with Gasteiger partial charge in [0.1, 0.15) is 0 Å². The number of esters is 1. The molecule has 0 heterocycles. The number of benzene rings is 2. The quantitative estimate of drug-likeness (QED) is 0.616. The standard InChI is InChI=1S/C16H15BrO2/c1-2-19-16(18)15-10-12(11-17)8-9-14(15)13-6-4-3-5-7-13/h3-10H,2,11H2,1H3. The molecule has 3 heteroatoms. The molecule has 2 aromatic carbocycles. The van der Waals surface area contributed by atoms with Crippen molar-refractivity contribution >= 4 is 21.9 Å². The first-order chi connectivity index (χ1) is 9.26. The minimum Gasteiger partial charge on any atom is -0.462 e. The smallest absolute Gasteiger partial charge is 0.338 e. The Bertz CT molecular complexity index is 564. The molecule has 98 valence electrons. The van der Waals surface area contributed by atoms with E-state index in [2.05, 4.69) is 15.9 Å². The molecule has 0 fully saturated rings. The Balaban J connectivity index is 2.51. The molecule has 2 aromatic rings. The first kappa shape index (κ1) is 13.8. The van der Waals surface area contributed by atoms with Gasteiger partial charge < -0.3 is 4.74 Å². The molecule has 0 aliphatic rings. The molecule has 0 unspecified atom stereocenters. The molecule has 0 bridgehead atoms. The van der Waals surface area contributed by atoms with Crippen LogP contribution in [0.15, 0.2) is 48.5 Å². The summed E-state index contributed by atoms with van der Waals surface area (Å²) in [5.74, 6) is -0.274. The summed E-state index contributed by atoms with van der Waals surface area (Å²) in [5.41, 5.74) is 3.60. The van der Waals surface area contributed by atoms with Crippen molar-refractivity contribution in [2.24, 2.45) is 0 Å². The molecular weight excluding hydrogens is 304 g/mol. The van der Waals surface area contributed by atoms with Crippen LogP contribution in [0, 0.1) is 0 Å². The van der Waals surface area contributed by atoms with Crippen molar-refractivity contribution in [3.63, 3.8) is 0 Å². The molecule has 2 rings (SSSR count). The molecule has 0 radical (unpaired) electrons. The first-order valence-corrected chi connectivity index (χ1v) is 7.30. The topological polar surface area (TPSA) is 26.3 Å². The van der Waals surface area contributed by atoms with Crippen LogP contribution in [-0.2, 0) is 10.1 Å². The van der Waals surface area contributed by atoms with E-state index >= 15 is 0 Å². The van der Waals surface area contributed by atoms with E-state index < -0.39 is 0 Å². The van der Waals surface area contributed by atoms with E-state index in [1.165, 1.54) is 0 Å². The van der Waals surface area contributed by atoms with E-state index in [0.29, 0.717) is 17.5 Å². The fourth-order valence-corrected chi connectivity index (χ4v) is 2.27. The van der Waals surface area contributed by atoms with E-state index in [1.54, 1.807) is 0 Å². The molecule has 0 amide bonds. The maximum absolute atomic E-state index is 12.1. The number of carbonyl (C=O) groups excluding carboxylic acids is 1. The highest BCUT2D eigenvalue weighted by Gasteiger charge is 2.14. The van der Waals surface area contributed by atoms with Gasteiger partial charge in [-0.25, -0.2) is 4.79 Å². The van der Waals surface area contributed by atoms with Crippen molar-refractivity contribution in [3.05, 3.63) is 59.7 Å². The maximum Gasteiger partial charge on any atom is 0.338 e. The maximum atomic E-state index is 12.1. The number of rotatable bonds is 4. The van der Waals surface area contributed by atoms with Gasteiger partial charge in [-0.3, -0.25) is 0 Å². The van der Waals surface area contributed by atoms with E-state index in [0.717, 1.165) is 16.7 Å². The molecule has 0 N–H and O–H groups in total. The summed E-state index contributed by atoms with van der Waals surface area (Å²) in [4.78, 5) is 12.1. The second-order valence-corrected chi connectivity index (χ2v) is 4.66. The van der Waals surface area contributed by atoms with Crippen LogP contribution >= 0.6 is 15.9 Å². The van der Waals surface area contributed by atoms with Gasteiger partial charge in [0.25, 0.3) is 0 Å². The van der Waals surface area contributed by atoms with Gasteiger partial charge in [0, 0.05) is 5.33 Å². The van der Waals surface area contributed by atoms with Gasteiger partial charge in [0.15, 0.2) is 0 Å². The van der Waals surface area contributed by atoms with Gasteiger partial charge in [0.05, 0.1) is 12.2 Å². The summed E-state index contributed by atoms with van der Waals surface area (Å²) in [6, 6.07) is 15.7. The normalized spacial score (nSPS) is 10.2. The Morgan fingerprint density at radius 2 is 1.89 bits per heavy atom. The Hall–Kier alpha value is -1.61. The van der Waals surface area contributed by atoms with Crippen LogP contribution in [0.1, 0.15) is 22.8 Å². The number of hydrogen-bond acceptors (Lipinski definition) is 2. The van der Waals surface area contributed by atoms with Gasteiger partial charge in [-0.05, 0) is 29.7 Å². The van der Waals surface area contributed by atoms with Crippen LogP contribution in [0.3, 0.4) is 0 Å². The second kappa shape index (κ2) is 6.53. The highest BCUT2D eigenvalue weighted by atomic mass is 79.9. The van der Waals surface area contributed by atoms with E-state index in [4.69, 9.17) is 4.74 Å². The summed E-state index contributed by atoms with van der Waals surface area (Å²) in [6.45, 7) is 2.19. The van der Waals surface area contributed by atoms with Crippen molar-refractivity contribution in [3.8, 4) is 11.1 Å². The lowest BCUT2D eigenvalue weighted by molar-refractivity contribution is 0.0527. The highest BCUT2D eigenvalue weighted by Crippen LogP contribution is 2.26. The zero-order chi connectivity index (χ0) is 13.7. The molecule has 0 spiro atoms. The van der Waals surface area contributed by atoms with Crippen LogP contribution < -0.4 is 0 Å². The lowest BCUT2D eigenvalue weighted by atomic mass is 9.98. The summed E-state index contributed by atoms with van der Waals surface area (Å²) in [7, 11) is 0. The van der Waals surface area contributed by atoms with Crippen LogP contribution in [0.4, 0.5) is 0 Å². The molecule has 0 saturated carbocycles. The molecular formula is C16H15BrO2. The SMILES string of the molecule is CCOC(=O)c1cc(CBr)ccc1-c1ccccc1. The third-order valence-corrected chi connectivity index (χ3v) is 3.47. The predicted octanol–water partition coefficient (Wildman–Crippen LogP) is 4.43. The summed E-state index contributed by atoms with van der Waals surface area (Å²) in [5, 5.41) is 0.717. The van der Waals surface area contributed by atoms with Crippen molar-refractivity contribution in [2.75, 3.05) is 6.61 Å². The molecule has 19 heavy (non-hydrogen) atoms. The molecule has 2 nitrogen and oxygen atoms in total. The minimum absolute atomic E-state index is 0.274. The molecule has 0 aliphatic heterocycles. The number of hydrogen-bond donors (Lipinski definition) is 0. The first-order valence-electron chi connectivity index (χ1n) is 6.17. The van der Waals surface area contributed by atoms with Crippen molar-refractivity contribution in [2.45, 2.75) is 12.3 Å². The summed E-state index contributed by atoms with van der Waals surface area (Å²) < 4.78 is 5.14. The summed E-state index contributed by atoms with van der Waals surface area (Å²) >= 11 is 3.41. The van der Waals surface area contributed by atoms with Gasteiger partial charge in [0.2, 0.25) is 0 Å². The number of halogens is 1. The average molecular weight is 319 g/mol. The van der Waals surface area contributed by atoms with E-state index in [9.17, 15) is 4.79 Å². The molecule has 0 aliphatic carbocycles. The largest absolute Gasteiger partial charge is 0.462 e. The monoisotopic (exact) mass is 318 g/mol. The number of alkyl halides is 1. The highest BCUT2D eigenvalue weighted by molar-refractivity contribution is 9.08. The fraction of sp³-hybridized carbons (Fsp3) is 0.188. The average Bonchev–Trinajstić information content (AvgIpc) is 2.47. The minimum atomic E-state index is -0.274. The third-order valence-electron chi connectivity index (χ3n) is 2.82. The van der Waals surface area contributed by atoms with Crippen molar-refractivity contribution < 1.29 is 9.53 Å². The Labute approximate surface area is 121 Å². The van der Waals surface area contributed by atoms with Gasteiger partial charge in [-0.2, -0.15) is 0 Å². The zero-order valence-corrected chi connectivity index (χ0v) is 12.3. The third kappa shape index (κ3) is 3.24. The van der Waals surface area contributed by atoms with Crippen LogP contribution in [0.25, 0.3) is 11.1 Å². The van der Waals surface area contributed by atoms with Crippen LogP contribution in [-0.4, -0.2) is 12.6 Å².